The van der Waals surface area contributed by atoms with Gasteiger partial charge in [-0.15, -0.1) is 0 Å². The number of amides is 1. The number of nitrogens with one attached hydrogen (secondary N) is 1. The number of hydrogen-bond donors (Lipinski definition) is 1. The first-order chi connectivity index (χ1) is 11.4. The lowest BCUT2D eigenvalue weighted by atomic mass is 10.1. The predicted molar refractivity (Wildman–Crippen MR) is 90.9 cm³/mol. The van der Waals surface area contributed by atoms with E-state index in [1.165, 1.54) is 12.1 Å². The molecular formula is C18H20N2O4. The number of hydrogen-bond acceptors (Lipinski definition) is 4. The summed E-state index contributed by atoms with van der Waals surface area (Å²) >= 11 is 0. The molecule has 0 saturated carbocycles. The molecule has 0 fully saturated rings. The fourth-order valence-corrected chi connectivity index (χ4v) is 2.15. The van der Waals surface area contributed by atoms with Crippen LogP contribution >= 0.6 is 0 Å². The van der Waals surface area contributed by atoms with Crippen LogP contribution in [0.3, 0.4) is 0 Å². The number of carbonyl (C=O) groups excluding carboxylic acids is 1. The van der Waals surface area contributed by atoms with Gasteiger partial charge in [-0.2, -0.15) is 0 Å². The largest absolute Gasteiger partial charge is 0.474 e. The van der Waals surface area contributed by atoms with E-state index in [1.807, 2.05) is 31.2 Å². The number of aryl methyl sites for hydroxylation is 2. The van der Waals surface area contributed by atoms with Gasteiger partial charge in [0.2, 0.25) is 0 Å². The fraction of sp³-hybridized carbons (Fsp3) is 0.278. The molecule has 1 amide bonds. The van der Waals surface area contributed by atoms with Crippen molar-refractivity contribution in [3.8, 4) is 5.75 Å². The van der Waals surface area contributed by atoms with Crippen molar-refractivity contribution >= 4 is 11.6 Å². The van der Waals surface area contributed by atoms with E-state index in [2.05, 4.69) is 5.32 Å². The second kappa shape index (κ2) is 7.59. The Morgan fingerprint density at radius 1 is 1.17 bits per heavy atom. The summed E-state index contributed by atoms with van der Waals surface area (Å²) in [7, 11) is 0. The molecule has 0 aromatic heterocycles. The molecular weight excluding hydrogens is 308 g/mol. The maximum absolute atomic E-state index is 12.1. The smallest absolute Gasteiger partial charge is 0.311 e. The van der Waals surface area contributed by atoms with Gasteiger partial charge in [0, 0.05) is 12.6 Å². The summed E-state index contributed by atoms with van der Waals surface area (Å²) in [5.41, 5.74) is 2.73. The number of nitrogens with zero attached hydrogens (tertiary/aromatic N) is 1. The molecule has 6 nitrogen and oxygen atoms in total. The minimum atomic E-state index is -0.836. The summed E-state index contributed by atoms with van der Waals surface area (Å²) in [4.78, 5) is 22.7. The summed E-state index contributed by atoms with van der Waals surface area (Å²) in [6.07, 6.45) is -0.836. The third kappa shape index (κ3) is 4.55. The van der Waals surface area contributed by atoms with Gasteiger partial charge in [-0.25, -0.2) is 0 Å². The standard InChI is InChI=1S/C18H20N2O4/c1-12-4-7-15(8-5-12)11-19-18(21)14(3)24-17-9-6-13(2)10-16(17)20(22)23/h4-10,14H,11H2,1-3H3,(H,19,21). The van der Waals surface area contributed by atoms with Crippen molar-refractivity contribution < 1.29 is 14.5 Å². The molecule has 126 valence electrons. The number of benzene rings is 2. The Balaban J connectivity index is 1.99. The van der Waals surface area contributed by atoms with Crippen LogP contribution in [-0.4, -0.2) is 16.9 Å². The summed E-state index contributed by atoms with van der Waals surface area (Å²) in [6, 6.07) is 12.5. The van der Waals surface area contributed by atoms with Crippen LogP contribution in [0.4, 0.5) is 5.69 Å². The lowest BCUT2D eigenvalue weighted by Gasteiger charge is -2.15. The maximum Gasteiger partial charge on any atom is 0.311 e. The molecule has 0 radical (unpaired) electrons. The topological polar surface area (TPSA) is 81.5 Å². The van der Waals surface area contributed by atoms with Gasteiger partial charge >= 0.3 is 5.69 Å². The molecule has 0 bridgehead atoms. The Hall–Kier alpha value is -2.89. The SMILES string of the molecule is Cc1ccc(CNC(=O)C(C)Oc2ccc(C)cc2[N+](=O)[O-])cc1. The minimum Gasteiger partial charge on any atom is -0.474 e. The van der Waals surface area contributed by atoms with Gasteiger partial charge in [-0.05, 0) is 38.0 Å². The highest BCUT2D eigenvalue weighted by molar-refractivity contribution is 5.80. The van der Waals surface area contributed by atoms with Gasteiger partial charge in [0.25, 0.3) is 5.91 Å². The normalized spacial score (nSPS) is 11.6. The number of rotatable bonds is 6. The third-order valence-electron chi connectivity index (χ3n) is 3.57. The van der Waals surface area contributed by atoms with Crippen LogP contribution in [0.25, 0.3) is 0 Å². The molecule has 0 heterocycles. The zero-order valence-corrected chi connectivity index (χ0v) is 13.9. The molecule has 1 N–H and O–H groups in total. The molecule has 2 aromatic rings. The summed E-state index contributed by atoms with van der Waals surface area (Å²) in [5.74, 6) is -0.242. The van der Waals surface area contributed by atoms with E-state index >= 15 is 0 Å². The molecule has 0 aliphatic carbocycles. The second-order valence-corrected chi connectivity index (χ2v) is 5.69. The molecule has 2 rings (SSSR count). The lowest BCUT2D eigenvalue weighted by molar-refractivity contribution is -0.386. The molecule has 6 heteroatoms. The van der Waals surface area contributed by atoms with Crippen LogP contribution in [0, 0.1) is 24.0 Å². The van der Waals surface area contributed by atoms with E-state index in [0.29, 0.717) is 6.54 Å². The first kappa shape index (κ1) is 17.5. The molecule has 24 heavy (non-hydrogen) atoms. The lowest BCUT2D eigenvalue weighted by Crippen LogP contribution is -2.36. The average Bonchev–Trinajstić information content (AvgIpc) is 2.55. The molecule has 0 saturated heterocycles. The highest BCUT2D eigenvalue weighted by atomic mass is 16.6. The number of nitro benzene ring substituents is 1. The molecule has 1 unspecified atom stereocenters. The van der Waals surface area contributed by atoms with Gasteiger partial charge < -0.3 is 10.1 Å². The van der Waals surface area contributed by atoms with E-state index in [9.17, 15) is 14.9 Å². The van der Waals surface area contributed by atoms with Crippen molar-refractivity contribution in [1.82, 2.24) is 5.32 Å². The molecule has 1 atom stereocenters. The van der Waals surface area contributed by atoms with Gasteiger partial charge in [0.05, 0.1) is 4.92 Å². The van der Waals surface area contributed by atoms with E-state index in [4.69, 9.17) is 4.74 Å². The summed E-state index contributed by atoms with van der Waals surface area (Å²) in [6.45, 7) is 5.69. The first-order valence-corrected chi connectivity index (χ1v) is 7.62. The van der Waals surface area contributed by atoms with Crippen LogP contribution in [0.15, 0.2) is 42.5 Å². The van der Waals surface area contributed by atoms with Crippen molar-refractivity contribution in [3.63, 3.8) is 0 Å². The fourth-order valence-electron chi connectivity index (χ4n) is 2.15. The monoisotopic (exact) mass is 328 g/mol. The molecule has 0 aliphatic rings. The Kier molecular flexibility index (Phi) is 5.52. The average molecular weight is 328 g/mol. The number of ether oxygens (including phenoxy) is 1. The molecule has 0 aliphatic heterocycles. The Bertz CT molecular complexity index is 741. The van der Waals surface area contributed by atoms with Crippen LogP contribution in [0.5, 0.6) is 5.75 Å². The van der Waals surface area contributed by atoms with E-state index in [0.717, 1.165) is 16.7 Å². The molecule has 2 aromatic carbocycles. The van der Waals surface area contributed by atoms with Crippen molar-refractivity contribution in [2.24, 2.45) is 0 Å². The van der Waals surface area contributed by atoms with Gasteiger partial charge in [0.1, 0.15) is 0 Å². The highest BCUT2D eigenvalue weighted by Gasteiger charge is 2.21. The van der Waals surface area contributed by atoms with Crippen LogP contribution in [-0.2, 0) is 11.3 Å². The van der Waals surface area contributed by atoms with Crippen LogP contribution in [0.1, 0.15) is 23.6 Å². The van der Waals surface area contributed by atoms with Crippen LogP contribution < -0.4 is 10.1 Å². The Morgan fingerprint density at radius 2 is 1.79 bits per heavy atom. The molecule has 0 spiro atoms. The predicted octanol–water partition coefficient (Wildman–Crippen LogP) is 3.30. The van der Waals surface area contributed by atoms with E-state index < -0.39 is 11.0 Å². The quantitative estimate of drug-likeness (QED) is 0.651. The van der Waals surface area contributed by atoms with Crippen molar-refractivity contribution in [1.29, 1.82) is 0 Å². The van der Waals surface area contributed by atoms with E-state index in [1.54, 1.807) is 19.9 Å². The van der Waals surface area contributed by atoms with Crippen molar-refractivity contribution in [3.05, 3.63) is 69.3 Å². The van der Waals surface area contributed by atoms with Crippen molar-refractivity contribution in [2.75, 3.05) is 0 Å². The first-order valence-electron chi connectivity index (χ1n) is 7.62. The van der Waals surface area contributed by atoms with Gasteiger partial charge in [-0.3, -0.25) is 14.9 Å². The Labute approximate surface area is 140 Å². The van der Waals surface area contributed by atoms with E-state index in [-0.39, 0.29) is 17.3 Å². The number of carbonyl (C=O) groups is 1. The maximum atomic E-state index is 12.1. The third-order valence-corrected chi connectivity index (χ3v) is 3.57. The van der Waals surface area contributed by atoms with Gasteiger partial charge in [0.15, 0.2) is 11.9 Å². The Morgan fingerprint density at radius 3 is 2.42 bits per heavy atom. The minimum absolute atomic E-state index is 0.0867. The zero-order chi connectivity index (χ0) is 17.7. The zero-order valence-electron chi connectivity index (χ0n) is 13.9. The van der Waals surface area contributed by atoms with Gasteiger partial charge in [-0.1, -0.05) is 35.9 Å². The number of nitro groups is 1. The van der Waals surface area contributed by atoms with Crippen LogP contribution in [0.2, 0.25) is 0 Å². The summed E-state index contributed by atoms with van der Waals surface area (Å²) in [5, 5.41) is 13.9. The van der Waals surface area contributed by atoms with Crippen molar-refractivity contribution in [2.45, 2.75) is 33.4 Å². The summed E-state index contributed by atoms with van der Waals surface area (Å²) < 4.78 is 5.48. The second-order valence-electron chi connectivity index (χ2n) is 5.69. The highest BCUT2D eigenvalue weighted by Crippen LogP contribution is 2.28.